The van der Waals surface area contributed by atoms with Crippen LogP contribution in [-0.2, 0) is 0 Å². The molecule has 0 saturated carbocycles. The number of hydrogen-bond acceptors (Lipinski definition) is 2. The van der Waals surface area contributed by atoms with Gasteiger partial charge in [-0.3, -0.25) is 4.79 Å². The maximum Gasteiger partial charge on any atom is 0.255 e. The Morgan fingerprint density at radius 1 is 1.19 bits per heavy atom. The molecule has 0 saturated heterocycles. The molecule has 1 atom stereocenters. The summed E-state index contributed by atoms with van der Waals surface area (Å²) in [6.45, 7) is 3.74. The largest absolute Gasteiger partial charge is 0.322 e. The predicted molar refractivity (Wildman–Crippen MR) is 83.0 cm³/mol. The van der Waals surface area contributed by atoms with Gasteiger partial charge in [0.15, 0.2) is 0 Å². The number of halogens is 1. The van der Waals surface area contributed by atoms with Crippen LogP contribution in [0.1, 0.15) is 34.5 Å². The molecule has 1 amide bonds. The van der Waals surface area contributed by atoms with Crippen LogP contribution in [0.2, 0.25) is 0 Å². The monoisotopic (exact) mass is 286 g/mol. The summed E-state index contributed by atoms with van der Waals surface area (Å²) in [5.41, 5.74) is 2.86. The fourth-order valence-corrected chi connectivity index (χ4v) is 2.22. The lowest BCUT2D eigenvalue weighted by molar-refractivity contribution is 0.102. The third-order valence-corrected chi connectivity index (χ3v) is 3.54. The molecule has 0 heterocycles. The molecule has 0 bridgehead atoms. The second kappa shape index (κ2) is 6.50. The summed E-state index contributed by atoms with van der Waals surface area (Å²) < 4.78 is 13.1. The van der Waals surface area contributed by atoms with Gasteiger partial charge < -0.3 is 10.6 Å². The third kappa shape index (κ3) is 3.47. The van der Waals surface area contributed by atoms with Gasteiger partial charge in [0, 0.05) is 17.3 Å². The zero-order chi connectivity index (χ0) is 15.4. The molecule has 3 nitrogen and oxygen atoms in total. The number of nitrogens with one attached hydrogen (secondary N) is 2. The van der Waals surface area contributed by atoms with E-state index >= 15 is 0 Å². The summed E-state index contributed by atoms with van der Waals surface area (Å²) in [5.74, 6) is -0.573. The second-order valence-electron chi connectivity index (χ2n) is 5.01. The van der Waals surface area contributed by atoms with Crippen LogP contribution in [-0.4, -0.2) is 13.0 Å². The van der Waals surface area contributed by atoms with E-state index in [1.54, 1.807) is 6.92 Å². The fraction of sp³-hybridized carbons (Fsp3) is 0.235. The van der Waals surface area contributed by atoms with E-state index in [1.165, 1.54) is 18.2 Å². The molecule has 2 rings (SSSR count). The van der Waals surface area contributed by atoms with Gasteiger partial charge in [-0.15, -0.1) is 0 Å². The Hall–Kier alpha value is -2.20. The Bertz CT molecular complexity index is 655. The van der Waals surface area contributed by atoms with Crippen molar-refractivity contribution in [2.45, 2.75) is 19.9 Å². The van der Waals surface area contributed by atoms with E-state index < -0.39 is 0 Å². The van der Waals surface area contributed by atoms with E-state index in [-0.39, 0.29) is 17.8 Å². The predicted octanol–water partition coefficient (Wildman–Crippen LogP) is 3.67. The standard InChI is InChI=1S/C17H19FN2O/c1-11-10-13(18)8-9-14(11)17(21)20-16-7-5-4-6-15(16)12(2)19-3/h4-10,12,19H,1-3H3,(H,20,21). The van der Waals surface area contributed by atoms with Crippen LogP contribution < -0.4 is 10.6 Å². The van der Waals surface area contributed by atoms with Gasteiger partial charge in [-0.2, -0.15) is 0 Å². The second-order valence-corrected chi connectivity index (χ2v) is 5.01. The van der Waals surface area contributed by atoms with Gasteiger partial charge in [0.1, 0.15) is 5.82 Å². The van der Waals surface area contributed by atoms with Gasteiger partial charge in [0.25, 0.3) is 5.91 Å². The van der Waals surface area contributed by atoms with E-state index in [1.807, 2.05) is 38.2 Å². The first-order chi connectivity index (χ1) is 10.0. The molecule has 0 aliphatic rings. The minimum absolute atomic E-state index is 0.121. The summed E-state index contributed by atoms with van der Waals surface area (Å²) in [7, 11) is 1.87. The topological polar surface area (TPSA) is 41.1 Å². The quantitative estimate of drug-likeness (QED) is 0.900. The molecule has 0 spiro atoms. The SMILES string of the molecule is CNC(C)c1ccccc1NC(=O)c1ccc(F)cc1C. The molecule has 2 N–H and O–H groups in total. The van der Waals surface area contributed by atoms with E-state index in [0.29, 0.717) is 11.1 Å². The maximum atomic E-state index is 13.1. The highest BCUT2D eigenvalue weighted by molar-refractivity contribution is 6.05. The first kappa shape index (κ1) is 15.2. The van der Waals surface area contributed by atoms with Crippen molar-refractivity contribution in [1.29, 1.82) is 0 Å². The minimum Gasteiger partial charge on any atom is -0.322 e. The molecule has 2 aromatic rings. The number of carbonyl (C=O) groups is 1. The minimum atomic E-state index is -0.340. The van der Waals surface area contributed by atoms with E-state index in [0.717, 1.165) is 11.3 Å². The number of anilines is 1. The van der Waals surface area contributed by atoms with Gasteiger partial charge in [0.05, 0.1) is 0 Å². The number of aryl methyl sites for hydroxylation is 1. The van der Waals surface area contributed by atoms with E-state index in [4.69, 9.17) is 0 Å². The number of amides is 1. The van der Waals surface area contributed by atoms with Gasteiger partial charge in [0.2, 0.25) is 0 Å². The zero-order valence-corrected chi connectivity index (χ0v) is 12.4. The van der Waals surface area contributed by atoms with E-state index in [9.17, 15) is 9.18 Å². The van der Waals surface area contributed by atoms with Crippen LogP contribution in [0.5, 0.6) is 0 Å². The molecule has 1 unspecified atom stereocenters. The average molecular weight is 286 g/mol. The fourth-order valence-electron chi connectivity index (χ4n) is 2.22. The molecular formula is C17H19FN2O. The lowest BCUT2D eigenvalue weighted by Gasteiger charge is -2.16. The van der Waals surface area contributed by atoms with Crippen LogP contribution in [0.4, 0.5) is 10.1 Å². The van der Waals surface area contributed by atoms with Gasteiger partial charge in [-0.05, 0) is 56.3 Å². The van der Waals surface area contributed by atoms with Crippen molar-refractivity contribution in [3.05, 3.63) is 65.0 Å². The molecule has 4 heteroatoms. The molecule has 110 valence electrons. The molecule has 0 radical (unpaired) electrons. The van der Waals surface area contributed by atoms with E-state index in [2.05, 4.69) is 10.6 Å². The third-order valence-electron chi connectivity index (χ3n) is 3.54. The molecular weight excluding hydrogens is 267 g/mol. The van der Waals surface area contributed by atoms with Crippen molar-refractivity contribution in [2.24, 2.45) is 0 Å². The van der Waals surface area contributed by atoms with Crippen molar-refractivity contribution < 1.29 is 9.18 Å². The van der Waals surface area contributed by atoms with Crippen molar-refractivity contribution in [3.63, 3.8) is 0 Å². The van der Waals surface area contributed by atoms with Crippen molar-refractivity contribution in [2.75, 3.05) is 12.4 Å². The number of hydrogen-bond donors (Lipinski definition) is 2. The summed E-state index contributed by atoms with van der Waals surface area (Å²) in [4.78, 5) is 12.4. The molecule has 21 heavy (non-hydrogen) atoms. The highest BCUT2D eigenvalue weighted by Crippen LogP contribution is 2.23. The molecule has 0 fully saturated rings. The molecule has 0 aliphatic carbocycles. The van der Waals surface area contributed by atoms with Crippen molar-refractivity contribution >= 4 is 11.6 Å². The number of carbonyl (C=O) groups excluding carboxylic acids is 1. The van der Waals surface area contributed by atoms with Crippen LogP contribution >= 0.6 is 0 Å². The Morgan fingerprint density at radius 3 is 2.57 bits per heavy atom. The normalized spacial score (nSPS) is 12.0. The molecule has 0 aromatic heterocycles. The van der Waals surface area contributed by atoms with Gasteiger partial charge in [-0.1, -0.05) is 18.2 Å². The smallest absolute Gasteiger partial charge is 0.255 e. The Balaban J connectivity index is 2.28. The lowest BCUT2D eigenvalue weighted by atomic mass is 10.0. The number of para-hydroxylation sites is 1. The van der Waals surface area contributed by atoms with Crippen molar-refractivity contribution in [3.8, 4) is 0 Å². The first-order valence-corrected chi connectivity index (χ1v) is 6.86. The Morgan fingerprint density at radius 2 is 1.90 bits per heavy atom. The first-order valence-electron chi connectivity index (χ1n) is 6.86. The number of rotatable bonds is 4. The van der Waals surface area contributed by atoms with Crippen LogP contribution in [0.25, 0.3) is 0 Å². The lowest BCUT2D eigenvalue weighted by Crippen LogP contribution is -2.18. The summed E-state index contributed by atoms with van der Waals surface area (Å²) in [6, 6.07) is 11.9. The van der Waals surface area contributed by atoms with Gasteiger partial charge >= 0.3 is 0 Å². The van der Waals surface area contributed by atoms with Crippen LogP contribution in [0.15, 0.2) is 42.5 Å². The van der Waals surface area contributed by atoms with Crippen LogP contribution in [0, 0.1) is 12.7 Å². The van der Waals surface area contributed by atoms with Crippen molar-refractivity contribution in [1.82, 2.24) is 5.32 Å². The van der Waals surface area contributed by atoms with Crippen LogP contribution in [0.3, 0.4) is 0 Å². The summed E-state index contributed by atoms with van der Waals surface area (Å²) >= 11 is 0. The highest BCUT2D eigenvalue weighted by Gasteiger charge is 2.14. The molecule has 0 aliphatic heterocycles. The Kier molecular flexibility index (Phi) is 4.70. The average Bonchev–Trinajstić information content (AvgIpc) is 2.46. The summed E-state index contributed by atoms with van der Waals surface area (Å²) in [6.07, 6.45) is 0. The highest BCUT2D eigenvalue weighted by atomic mass is 19.1. The maximum absolute atomic E-state index is 13.1. The van der Waals surface area contributed by atoms with Gasteiger partial charge in [-0.25, -0.2) is 4.39 Å². The summed E-state index contributed by atoms with van der Waals surface area (Å²) in [5, 5.41) is 6.05. The zero-order valence-electron chi connectivity index (χ0n) is 12.4. The Labute approximate surface area is 124 Å². The molecule has 2 aromatic carbocycles. The number of benzene rings is 2.